The first-order valence-electron chi connectivity index (χ1n) is 7.57. The number of aromatic nitrogens is 3. The summed E-state index contributed by atoms with van der Waals surface area (Å²) in [6, 6.07) is 13.5. The van der Waals surface area contributed by atoms with Gasteiger partial charge in [0, 0.05) is 13.2 Å². The van der Waals surface area contributed by atoms with Gasteiger partial charge in [-0.05, 0) is 35.9 Å². The monoisotopic (exact) mass is 324 g/mol. The molecule has 3 aromatic rings. The van der Waals surface area contributed by atoms with Crippen LogP contribution in [-0.2, 0) is 24.8 Å². The lowest BCUT2D eigenvalue weighted by atomic mass is 10.1. The Bertz CT molecular complexity index is 828. The second-order valence-electron chi connectivity index (χ2n) is 5.44. The van der Waals surface area contributed by atoms with Gasteiger partial charge in [0.25, 0.3) is 0 Å². The Kier molecular flexibility index (Phi) is 4.65. The molecule has 2 heterocycles. The van der Waals surface area contributed by atoms with E-state index in [1.165, 1.54) is 12.1 Å². The average molecular weight is 324 g/mol. The first-order valence-corrected chi connectivity index (χ1v) is 7.57. The Morgan fingerprint density at radius 3 is 2.71 bits per heavy atom. The van der Waals surface area contributed by atoms with Gasteiger partial charge >= 0.3 is 0 Å². The Morgan fingerprint density at radius 1 is 1.21 bits per heavy atom. The molecular weight excluding hydrogens is 307 g/mol. The molecule has 0 unspecified atom stereocenters. The van der Waals surface area contributed by atoms with E-state index in [4.69, 9.17) is 0 Å². The number of carbonyl (C=O) groups excluding carboxylic acids is 1. The highest BCUT2D eigenvalue weighted by Crippen LogP contribution is 2.16. The number of benzene rings is 1. The molecule has 6 heteroatoms. The Balaban J connectivity index is 1.61. The number of nitrogens with one attached hydrogen (secondary N) is 1. The van der Waals surface area contributed by atoms with Crippen molar-refractivity contribution in [2.45, 2.75) is 13.0 Å². The predicted octanol–water partition coefficient (Wildman–Crippen LogP) is 2.48. The summed E-state index contributed by atoms with van der Waals surface area (Å²) >= 11 is 0. The third-order valence-corrected chi connectivity index (χ3v) is 3.60. The number of carbonyl (C=O) groups is 1. The van der Waals surface area contributed by atoms with Gasteiger partial charge in [0.2, 0.25) is 5.91 Å². The van der Waals surface area contributed by atoms with Crippen LogP contribution in [0.5, 0.6) is 0 Å². The SMILES string of the molecule is Cn1nc(CNC(=O)Cc2ccc(F)cc2)cc1-c1ccccn1. The van der Waals surface area contributed by atoms with Crippen LogP contribution in [-0.4, -0.2) is 20.7 Å². The summed E-state index contributed by atoms with van der Waals surface area (Å²) in [7, 11) is 1.84. The molecule has 122 valence electrons. The number of amides is 1. The number of pyridine rings is 1. The molecular formula is C18H17FN4O. The molecule has 0 saturated heterocycles. The second kappa shape index (κ2) is 7.04. The van der Waals surface area contributed by atoms with Crippen LogP contribution < -0.4 is 5.32 Å². The molecule has 0 fully saturated rings. The largest absolute Gasteiger partial charge is 0.350 e. The quantitative estimate of drug-likeness (QED) is 0.784. The minimum atomic E-state index is -0.310. The molecule has 5 nitrogen and oxygen atoms in total. The van der Waals surface area contributed by atoms with Crippen LogP contribution in [0.2, 0.25) is 0 Å². The van der Waals surface area contributed by atoms with E-state index in [-0.39, 0.29) is 18.1 Å². The number of rotatable bonds is 5. The molecule has 0 aliphatic rings. The van der Waals surface area contributed by atoms with Crippen LogP contribution in [0.3, 0.4) is 0 Å². The van der Waals surface area contributed by atoms with Gasteiger partial charge in [0.15, 0.2) is 0 Å². The van der Waals surface area contributed by atoms with E-state index >= 15 is 0 Å². The highest BCUT2D eigenvalue weighted by molar-refractivity contribution is 5.78. The smallest absolute Gasteiger partial charge is 0.224 e. The first kappa shape index (κ1) is 15.9. The van der Waals surface area contributed by atoms with Crippen molar-refractivity contribution >= 4 is 5.91 Å². The van der Waals surface area contributed by atoms with Crippen LogP contribution in [0.1, 0.15) is 11.3 Å². The molecule has 0 atom stereocenters. The fourth-order valence-electron chi connectivity index (χ4n) is 2.41. The number of nitrogens with zero attached hydrogens (tertiary/aromatic N) is 3. The molecule has 0 saturated carbocycles. The lowest BCUT2D eigenvalue weighted by molar-refractivity contribution is -0.120. The summed E-state index contributed by atoms with van der Waals surface area (Å²) in [5.41, 5.74) is 3.24. The molecule has 1 N–H and O–H groups in total. The van der Waals surface area contributed by atoms with Crippen LogP contribution >= 0.6 is 0 Å². The maximum absolute atomic E-state index is 12.9. The zero-order chi connectivity index (χ0) is 16.9. The number of hydrogen-bond acceptors (Lipinski definition) is 3. The van der Waals surface area contributed by atoms with Crippen LogP contribution in [0, 0.1) is 5.82 Å². The topological polar surface area (TPSA) is 59.8 Å². The van der Waals surface area contributed by atoms with E-state index in [1.54, 1.807) is 23.0 Å². The maximum atomic E-state index is 12.9. The minimum Gasteiger partial charge on any atom is -0.350 e. The normalized spacial score (nSPS) is 10.6. The first-order chi connectivity index (χ1) is 11.6. The highest BCUT2D eigenvalue weighted by Gasteiger charge is 2.10. The molecule has 0 aliphatic carbocycles. The number of aryl methyl sites for hydroxylation is 1. The number of hydrogen-bond donors (Lipinski definition) is 1. The standard InChI is InChI=1S/C18H17FN4O/c1-23-17(16-4-2-3-9-20-16)11-15(22-23)12-21-18(24)10-13-5-7-14(19)8-6-13/h2-9,11H,10,12H2,1H3,(H,21,24). The minimum absolute atomic E-state index is 0.133. The van der Waals surface area contributed by atoms with E-state index in [2.05, 4.69) is 15.4 Å². The van der Waals surface area contributed by atoms with E-state index in [0.717, 1.165) is 22.6 Å². The summed E-state index contributed by atoms with van der Waals surface area (Å²) in [6.45, 7) is 0.334. The van der Waals surface area contributed by atoms with Gasteiger partial charge < -0.3 is 5.32 Å². The summed E-state index contributed by atoms with van der Waals surface area (Å²) in [4.78, 5) is 16.3. The third kappa shape index (κ3) is 3.84. The molecule has 24 heavy (non-hydrogen) atoms. The van der Waals surface area contributed by atoms with Gasteiger partial charge in [-0.1, -0.05) is 18.2 Å². The van der Waals surface area contributed by atoms with Gasteiger partial charge in [-0.3, -0.25) is 14.5 Å². The Morgan fingerprint density at radius 2 is 2.00 bits per heavy atom. The van der Waals surface area contributed by atoms with Crippen molar-refractivity contribution in [1.29, 1.82) is 0 Å². The highest BCUT2D eigenvalue weighted by atomic mass is 19.1. The lowest BCUT2D eigenvalue weighted by Crippen LogP contribution is -2.24. The van der Waals surface area contributed by atoms with Crippen molar-refractivity contribution in [2.75, 3.05) is 0 Å². The van der Waals surface area contributed by atoms with E-state index in [0.29, 0.717) is 6.54 Å². The van der Waals surface area contributed by atoms with Crippen LogP contribution in [0.4, 0.5) is 4.39 Å². The molecule has 1 amide bonds. The van der Waals surface area contributed by atoms with E-state index in [9.17, 15) is 9.18 Å². The van der Waals surface area contributed by atoms with Crippen LogP contribution in [0.25, 0.3) is 11.4 Å². The Hall–Kier alpha value is -3.02. The lowest BCUT2D eigenvalue weighted by Gasteiger charge is -2.03. The molecule has 0 radical (unpaired) electrons. The molecule has 1 aromatic carbocycles. The van der Waals surface area contributed by atoms with Crippen molar-refractivity contribution in [3.63, 3.8) is 0 Å². The zero-order valence-electron chi connectivity index (χ0n) is 13.2. The van der Waals surface area contributed by atoms with Gasteiger partial charge in [-0.2, -0.15) is 5.10 Å². The van der Waals surface area contributed by atoms with Crippen molar-refractivity contribution in [1.82, 2.24) is 20.1 Å². The fourth-order valence-corrected chi connectivity index (χ4v) is 2.41. The maximum Gasteiger partial charge on any atom is 0.224 e. The molecule has 0 bridgehead atoms. The molecule has 2 aromatic heterocycles. The summed E-state index contributed by atoms with van der Waals surface area (Å²) in [6.07, 6.45) is 1.94. The van der Waals surface area contributed by atoms with Crippen molar-refractivity contribution in [3.8, 4) is 11.4 Å². The molecule has 3 rings (SSSR count). The van der Waals surface area contributed by atoms with E-state index in [1.807, 2.05) is 31.3 Å². The molecule has 0 spiro atoms. The summed E-state index contributed by atoms with van der Waals surface area (Å²) < 4.78 is 14.6. The number of halogens is 1. The average Bonchev–Trinajstić information content (AvgIpc) is 2.97. The Labute approximate surface area is 139 Å². The summed E-state index contributed by atoms with van der Waals surface area (Å²) in [5, 5.41) is 7.22. The predicted molar refractivity (Wildman–Crippen MR) is 88.4 cm³/mol. The van der Waals surface area contributed by atoms with Gasteiger partial charge in [0.1, 0.15) is 5.82 Å². The van der Waals surface area contributed by atoms with E-state index < -0.39 is 0 Å². The third-order valence-electron chi connectivity index (χ3n) is 3.60. The summed E-state index contributed by atoms with van der Waals surface area (Å²) in [5.74, 6) is -0.443. The second-order valence-corrected chi connectivity index (χ2v) is 5.44. The van der Waals surface area contributed by atoms with Gasteiger partial charge in [-0.25, -0.2) is 4.39 Å². The van der Waals surface area contributed by atoms with Gasteiger partial charge in [-0.15, -0.1) is 0 Å². The van der Waals surface area contributed by atoms with Crippen molar-refractivity contribution < 1.29 is 9.18 Å². The van der Waals surface area contributed by atoms with Crippen molar-refractivity contribution in [3.05, 3.63) is 71.8 Å². The van der Waals surface area contributed by atoms with Crippen molar-refractivity contribution in [2.24, 2.45) is 7.05 Å². The van der Waals surface area contributed by atoms with Crippen LogP contribution in [0.15, 0.2) is 54.7 Å². The van der Waals surface area contributed by atoms with Gasteiger partial charge in [0.05, 0.1) is 30.0 Å². The molecule has 0 aliphatic heterocycles. The zero-order valence-corrected chi connectivity index (χ0v) is 13.2. The fraction of sp³-hybridized carbons (Fsp3) is 0.167.